The molecule has 3 rings (SSSR count). The highest BCUT2D eigenvalue weighted by Gasteiger charge is 2.34. The van der Waals surface area contributed by atoms with Gasteiger partial charge in [-0.25, -0.2) is 4.98 Å². The third kappa shape index (κ3) is 4.37. The van der Waals surface area contributed by atoms with Crippen molar-refractivity contribution in [3.8, 4) is 5.88 Å². The smallest absolute Gasteiger partial charge is 0.433 e. The Balaban J connectivity index is 1.51. The summed E-state index contributed by atoms with van der Waals surface area (Å²) in [7, 11) is 0. The van der Waals surface area contributed by atoms with Gasteiger partial charge < -0.3 is 9.64 Å². The highest BCUT2D eigenvalue weighted by Crippen LogP contribution is 2.29. The maximum atomic E-state index is 12.6. The summed E-state index contributed by atoms with van der Waals surface area (Å²) in [5.41, 5.74) is -0.0830. The van der Waals surface area contributed by atoms with E-state index in [1.807, 2.05) is 30.3 Å². The van der Waals surface area contributed by atoms with Crippen LogP contribution in [0, 0.1) is 0 Å². The molecule has 0 unspecified atom stereocenters. The topological polar surface area (TPSA) is 42.4 Å². The van der Waals surface area contributed by atoms with E-state index in [2.05, 4.69) is 4.98 Å². The lowest BCUT2D eigenvalue weighted by Gasteiger charge is -2.38. The Morgan fingerprint density at radius 3 is 2.52 bits per heavy atom. The fourth-order valence-electron chi connectivity index (χ4n) is 2.34. The lowest BCUT2D eigenvalue weighted by molar-refractivity contribution is -0.141. The third-order valence-electron chi connectivity index (χ3n) is 3.68. The van der Waals surface area contributed by atoms with Crippen molar-refractivity contribution in [3.05, 3.63) is 65.9 Å². The van der Waals surface area contributed by atoms with Crippen LogP contribution in [-0.2, 0) is 11.0 Å². The minimum atomic E-state index is -4.51. The van der Waals surface area contributed by atoms with Crippen molar-refractivity contribution >= 4 is 12.0 Å². The lowest BCUT2D eigenvalue weighted by atomic mass is 10.1. The molecule has 0 bridgehead atoms. The van der Waals surface area contributed by atoms with E-state index in [-0.39, 0.29) is 17.9 Å². The summed E-state index contributed by atoms with van der Waals surface area (Å²) in [6, 6.07) is 12.9. The third-order valence-corrected chi connectivity index (χ3v) is 3.68. The summed E-state index contributed by atoms with van der Waals surface area (Å²) in [6.45, 7) is 0.631. The molecule has 25 heavy (non-hydrogen) atoms. The van der Waals surface area contributed by atoms with Crippen molar-refractivity contribution in [2.45, 2.75) is 12.3 Å². The molecule has 1 aromatic carbocycles. The monoisotopic (exact) mass is 348 g/mol. The van der Waals surface area contributed by atoms with Crippen LogP contribution in [0.1, 0.15) is 11.3 Å². The number of likely N-dealkylation sites (tertiary alicyclic amines) is 1. The summed E-state index contributed by atoms with van der Waals surface area (Å²) in [5.74, 6) is -0.257. The number of aromatic nitrogens is 1. The van der Waals surface area contributed by atoms with Gasteiger partial charge >= 0.3 is 6.18 Å². The van der Waals surface area contributed by atoms with E-state index in [1.54, 1.807) is 11.0 Å². The highest BCUT2D eigenvalue weighted by atomic mass is 19.4. The molecule has 2 aromatic rings. The number of amides is 1. The zero-order chi connectivity index (χ0) is 17.9. The molecule has 0 atom stereocenters. The molecule has 130 valence electrons. The van der Waals surface area contributed by atoms with Gasteiger partial charge in [-0.05, 0) is 17.7 Å². The van der Waals surface area contributed by atoms with Gasteiger partial charge in [0.2, 0.25) is 11.8 Å². The zero-order valence-electron chi connectivity index (χ0n) is 13.1. The number of benzene rings is 1. The number of rotatable bonds is 4. The molecule has 0 N–H and O–H groups in total. The predicted octanol–water partition coefficient (Wildman–Crippen LogP) is 3.40. The van der Waals surface area contributed by atoms with E-state index in [9.17, 15) is 18.0 Å². The van der Waals surface area contributed by atoms with Crippen LogP contribution in [0.15, 0.2) is 54.6 Å². The van der Waals surface area contributed by atoms with E-state index in [0.717, 1.165) is 11.6 Å². The van der Waals surface area contributed by atoms with Gasteiger partial charge in [-0.1, -0.05) is 36.4 Å². The van der Waals surface area contributed by atoms with E-state index in [1.165, 1.54) is 18.2 Å². The normalized spacial score (nSPS) is 15.2. The average molecular weight is 348 g/mol. The molecular weight excluding hydrogens is 333 g/mol. The second-order valence-electron chi connectivity index (χ2n) is 5.59. The standard InChI is InChI=1S/C18H15F3N2O2/c19-18(20,21)15-7-4-8-16(22-15)25-14-11-23(12-14)17(24)10-9-13-5-2-1-3-6-13/h1-10,14H,11-12H2/b10-9+. The van der Waals surface area contributed by atoms with Crippen LogP contribution < -0.4 is 4.74 Å². The fourth-order valence-corrected chi connectivity index (χ4v) is 2.34. The average Bonchev–Trinajstić information content (AvgIpc) is 2.56. The first-order valence-electron chi connectivity index (χ1n) is 7.65. The number of alkyl halides is 3. The summed E-state index contributed by atoms with van der Waals surface area (Å²) in [4.78, 5) is 17.0. The number of nitrogens with zero attached hydrogens (tertiary/aromatic N) is 2. The van der Waals surface area contributed by atoms with Gasteiger partial charge in [0.05, 0.1) is 13.1 Å². The van der Waals surface area contributed by atoms with Crippen LogP contribution in [0.2, 0.25) is 0 Å². The Kier molecular flexibility index (Phi) is 4.74. The van der Waals surface area contributed by atoms with Crippen molar-refractivity contribution in [1.29, 1.82) is 0 Å². The number of hydrogen-bond donors (Lipinski definition) is 0. The Morgan fingerprint density at radius 2 is 1.84 bits per heavy atom. The molecule has 0 aliphatic carbocycles. The number of hydrogen-bond acceptors (Lipinski definition) is 3. The molecule has 0 saturated carbocycles. The summed E-state index contributed by atoms with van der Waals surface area (Å²) < 4.78 is 43.2. The van der Waals surface area contributed by atoms with Crippen molar-refractivity contribution in [2.75, 3.05) is 13.1 Å². The van der Waals surface area contributed by atoms with E-state index >= 15 is 0 Å². The number of carbonyl (C=O) groups excluding carboxylic acids is 1. The first-order valence-corrected chi connectivity index (χ1v) is 7.65. The summed E-state index contributed by atoms with van der Waals surface area (Å²) in [5, 5.41) is 0. The van der Waals surface area contributed by atoms with Gasteiger partial charge in [-0.15, -0.1) is 0 Å². The molecule has 4 nitrogen and oxygen atoms in total. The lowest BCUT2D eigenvalue weighted by Crippen LogP contribution is -2.55. The maximum absolute atomic E-state index is 12.6. The van der Waals surface area contributed by atoms with Crippen LogP contribution >= 0.6 is 0 Å². The first kappa shape index (κ1) is 17.0. The molecule has 1 fully saturated rings. The van der Waals surface area contributed by atoms with Crippen molar-refractivity contribution < 1.29 is 22.7 Å². The van der Waals surface area contributed by atoms with Gasteiger partial charge in [0.25, 0.3) is 0 Å². The van der Waals surface area contributed by atoms with Crippen LogP contribution in [0.5, 0.6) is 5.88 Å². The number of carbonyl (C=O) groups is 1. The molecule has 7 heteroatoms. The quantitative estimate of drug-likeness (QED) is 0.796. The number of pyridine rings is 1. The SMILES string of the molecule is O=C(/C=C/c1ccccc1)N1CC(Oc2cccc(C(F)(F)F)n2)C1. The number of halogens is 3. The predicted molar refractivity (Wildman–Crippen MR) is 85.7 cm³/mol. The Labute approximate surface area is 142 Å². The summed E-state index contributed by atoms with van der Waals surface area (Å²) >= 11 is 0. The minimum Gasteiger partial charge on any atom is -0.471 e. The Hall–Kier alpha value is -2.83. The molecule has 1 saturated heterocycles. The van der Waals surface area contributed by atoms with Crippen LogP contribution in [-0.4, -0.2) is 35.0 Å². The molecule has 2 heterocycles. The minimum absolute atomic E-state index is 0.0910. The molecule has 0 spiro atoms. The Morgan fingerprint density at radius 1 is 1.12 bits per heavy atom. The Bertz CT molecular complexity index is 769. The summed E-state index contributed by atoms with van der Waals surface area (Å²) in [6.07, 6.45) is -1.69. The molecule has 1 aromatic heterocycles. The van der Waals surface area contributed by atoms with Gasteiger partial charge in [-0.2, -0.15) is 13.2 Å². The van der Waals surface area contributed by atoms with E-state index < -0.39 is 11.9 Å². The molecule has 1 amide bonds. The van der Waals surface area contributed by atoms with Crippen LogP contribution in [0.3, 0.4) is 0 Å². The molecule has 1 aliphatic rings. The van der Waals surface area contributed by atoms with E-state index in [4.69, 9.17) is 4.74 Å². The van der Waals surface area contributed by atoms with E-state index in [0.29, 0.717) is 13.1 Å². The number of ether oxygens (including phenoxy) is 1. The van der Waals surface area contributed by atoms with Crippen LogP contribution in [0.25, 0.3) is 6.08 Å². The van der Waals surface area contributed by atoms with Gasteiger partial charge in [0, 0.05) is 12.1 Å². The van der Waals surface area contributed by atoms with Gasteiger partial charge in [0.1, 0.15) is 11.8 Å². The highest BCUT2D eigenvalue weighted by molar-refractivity contribution is 5.92. The zero-order valence-corrected chi connectivity index (χ0v) is 13.1. The fraction of sp³-hybridized carbons (Fsp3) is 0.222. The van der Waals surface area contributed by atoms with Gasteiger partial charge in [0.15, 0.2) is 0 Å². The van der Waals surface area contributed by atoms with Crippen LogP contribution in [0.4, 0.5) is 13.2 Å². The van der Waals surface area contributed by atoms with Crippen molar-refractivity contribution in [2.24, 2.45) is 0 Å². The van der Waals surface area contributed by atoms with Crippen molar-refractivity contribution in [3.63, 3.8) is 0 Å². The van der Waals surface area contributed by atoms with Gasteiger partial charge in [-0.3, -0.25) is 4.79 Å². The molecular formula is C18H15F3N2O2. The second-order valence-corrected chi connectivity index (χ2v) is 5.59. The maximum Gasteiger partial charge on any atom is 0.433 e. The molecule has 1 aliphatic heterocycles. The molecule has 0 radical (unpaired) electrons. The second kappa shape index (κ2) is 6.96. The van der Waals surface area contributed by atoms with Crippen molar-refractivity contribution in [1.82, 2.24) is 9.88 Å². The largest absolute Gasteiger partial charge is 0.471 e. The first-order chi connectivity index (χ1) is 11.9.